The van der Waals surface area contributed by atoms with Crippen LogP contribution in [-0.2, 0) is 6.54 Å². The molecule has 18 heavy (non-hydrogen) atoms. The predicted octanol–water partition coefficient (Wildman–Crippen LogP) is 1.41. The first-order valence-electron chi connectivity index (χ1n) is 5.94. The Morgan fingerprint density at radius 2 is 2.33 bits per heavy atom. The number of aromatic nitrogens is 3. The van der Waals surface area contributed by atoms with Crippen molar-refractivity contribution in [3.05, 3.63) is 48.0 Å². The standard InChI is InChI=1S/C13H16N4O/c1-11-4-5-12(10-15-11)13(18)14-6-2-8-17-9-3-7-16-17/h3-5,7,9-10H,2,6,8H2,1H3,(H,14,18). The average molecular weight is 244 g/mol. The Balaban J connectivity index is 1.73. The van der Waals surface area contributed by atoms with Crippen molar-refractivity contribution in [1.29, 1.82) is 0 Å². The van der Waals surface area contributed by atoms with Crippen LogP contribution in [0.4, 0.5) is 0 Å². The van der Waals surface area contributed by atoms with E-state index >= 15 is 0 Å². The molecule has 5 nitrogen and oxygen atoms in total. The van der Waals surface area contributed by atoms with Crippen molar-refractivity contribution >= 4 is 5.91 Å². The first-order valence-corrected chi connectivity index (χ1v) is 5.94. The Bertz CT molecular complexity index is 490. The lowest BCUT2D eigenvalue weighted by Crippen LogP contribution is -2.25. The molecule has 2 rings (SSSR count). The van der Waals surface area contributed by atoms with Crippen molar-refractivity contribution < 1.29 is 4.79 Å². The number of aryl methyl sites for hydroxylation is 2. The SMILES string of the molecule is Cc1ccc(C(=O)NCCCn2cccn2)cn1. The van der Waals surface area contributed by atoms with E-state index in [0.717, 1.165) is 18.7 Å². The molecule has 0 aliphatic carbocycles. The van der Waals surface area contributed by atoms with Gasteiger partial charge in [0, 0.05) is 37.4 Å². The molecule has 0 aromatic carbocycles. The zero-order chi connectivity index (χ0) is 12.8. The van der Waals surface area contributed by atoms with E-state index < -0.39 is 0 Å². The largest absolute Gasteiger partial charge is 0.352 e. The van der Waals surface area contributed by atoms with Gasteiger partial charge >= 0.3 is 0 Å². The Kier molecular flexibility index (Phi) is 4.06. The Morgan fingerprint density at radius 1 is 1.44 bits per heavy atom. The number of nitrogens with zero attached hydrogens (tertiary/aromatic N) is 3. The molecule has 0 aliphatic heterocycles. The van der Waals surface area contributed by atoms with Crippen LogP contribution in [-0.4, -0.2) is 27.2 Å². The summed E-state index contributed by atoms with van der Waals surface area (Å²) >= 11 is 0. The lowest BCUT2D eigenvalue weighted by atomic mass is 10.2. The summed E-state index contributed by atoms with van der Waals surface area (Å²) in [6.45, 7) is 3.33. The summed E-state index contributed by atoms with van der Waals surface area (Å²) in [5.74, 6) is -0.0806. The predicted molar refractivity (Wildman–Crippen MR) is 68.2 cm³/mol. The Morgan fingerprint density at radius 3 is 3.00 bits per heavy atom. The number of carbonyl (C=O) groups excluding carboxylic acids is 1. The van der Waals surface area contributed by atoms with Crippen molar-refractivity contribution in [1.82, 2.24) is 20.1 Å². The van der Waals surface area contributed by atoms with Gasteiger partial charge in [0.25, 0.3) is 5.91 Å². The number of hydrogen-bond donors (Lipinski definition) is 1. The summed E-state index contributed by atoms with van der Waals surface area (Å²) in [5, 5.41) is 6.96. The quantitative estimate of drug-likeness (QED) is 0.809. The maximum absolute atomic E-state index is 11.7. The summed E-state index contributed by atoms with van der Waals surface area (Å²) in [7, 11) is 0. The monoisotopic (exact) mass is 244 g/mol. The summed E-state index contributed by atoms with van der Waals surface area (Å²) in [5.41, 5.74) is 1.50. The fraction of sp³-hybridized carbons (Fsp3) is 0.308. The number of nitrogens with one attached hydrogen (secondary N) is 1. The van der Waals surface area contributed by atoms with E-state index in [2.05, 4.69) is 15.4 Å². The second-order valence-electron chi connectivity index (χ2n) is 4.07. The van der Waals surface area contributed by atoms with Gasteiger partial charge in [-0.2, -0.15) is 5.10 Å². The van der Waals surface area contributed by atoms with Crippen LogP contribution in [0.2, 0.25) is 0 Å². The fourth-order valence-electron chi connectivity index (χ4n) is 1.58. The van der Waals surface area contributed by atoms with Gasteiger partial charge in [-0.3, -0.25) is 14.5 Å². The highest BCUT2D eigenvalue weighted by Gasteiger charge is 2.04. The van der Waals surface area contributed by atoms with Crippen LogP contribution in [0.3, 0.4) is 0 Å². The van der Waals surface area contributed by atoms with Gasteiger partial charge in [0.2, 0.25) is 0 Å². The van der Waals surface area contributed by atoms with Gasteiger partial charge in [0.15, 0.2) is 0 Å². The molecule has 0 aliphatic rings. The van der Waals surface area contributed by atoms with Crippen LogP contribution < -0.4 is 5.32 Å². The van der Waals surface area contributed by atoms with Gasteiger partial charge in [-0.1, -0.05) is 0 Å². The molecule has 94 valence electrons. The molecule has 1 N–H and O–H groups in total. The van der Waals surface area contributed by atoms with E-state index in [1.165, 1.54) is 0 Å². The first kappa shape index (κ1) is 12.3. The third kappa shape index (κ3) is 3.41. The molecular weight excluding hydrogens is 228 g/mol. The molecular formula is C13H16N4O. The normalized spacial score (nSPS) is 10.3. The van der Waals surface area contributed by atoms with Gasteiger partial charge in [0.05, 0.1) is 5.56 Å². The second-order valence-corrected chi connectivity index (χ2v) is 4.07. The summed E-state index contributed by atoms with van der Waals surface area (Å²) in [6, 6.07) is 5.50. The highest BCUT2D eigenvalue weighted by molar-refractivity contribution is 5.93. The summed E-state index contributed by atoms with van der Waals surface area (Å²) in [6.07, 6.45) is 6.10. The van der Waals surface area contributed by atoms with Crippen LogP contribution in [0.1, 0.15) is 22.5 Å². The maximum atomic E-state index is 11.7. The van der Waals surface area contributed by atoms with E-state index in [1.54, 1.807) is 18.5 Å². The van der Waals surface area contributed by atoms with E-state index in [-0.39, 0.29) is 5.91 Å². The zero-order valence-corrected chi connectivity index (χ0v) is 10.3. The molecule has 0 spiro atoms. The number of amides is 1. The van der Waals surface area contributed by atoms with Crippen LogP contribution in [0, 0.1) is 6.92 Å². The van der Waals surface area contributed by atoms with Crippen molar-refractivity contribution in [2.24, 2.45) is 0 Å². The molecule has 0 saturated carbocycles. The Hall–Kier alpha value is -2.17. The molecule has 2 heterocycles. The van der Waals surface area contributed by atoms with E-state index in [4.69, 9.17) is 0 Å². The van der Waals surface area contributed by atoms with Crippen molar-refractivity contribution in [3.63, 3.8) is 0 Å². The maximum Gasteiger partial charge on any atom is 0.252 e. The Labute approximate surface area is 106 Å². The molecule has 5 heteroatoms. The molecule has 0 atom stereocenters. The van der Waals surface area contributed by atoms with Gasteiger partial charge < -0.3 is 5.32 Å². The molecule has 0 bridgehead atoms. The third-order valence-corrected chi connectivity index (χ3v) is 2.58. The number of rotatable bonds is 5. The number of pyridine rings is 1. The van der Waals surface area contributed by atoms with E-state index in [0.29, 0.717) is 12.1 Å². The van der Waals surface area contributed by atoms with E-state index in [1.807, 2.05) is 29.9 Å². The van der Waals surface area contributed by atoms with Gasteiger partial charge in [0.1, 0.15) is 0 Å². The lowest BCUT2D eigenvalue weighted by Gasteiger charge is -2.05. The molecule has 1 amide bonds. The van der Waals surface area contributed by atoms with Crippen molar-refractivity contribution in [3.8, 4) is 0 Å². The molecule has 2 aromatic heterocycles. The topological polar surface area (TPSA) is 59.8 Å². The zero-order valence-electron chi connectivity index (χ0n) is 10.3. The molecule has 0 unspecified atom stereocenters. The number of carbonyl (C=O) groups is 1. The van der Waals surface area contributed by atoms with Gasteiger partial charge in [-0.15, -0.1) is 0 Å². The van der Waals surface area contributed by atoms with Crippen LogP contribution in [0.5, 0.6) is 0 Å². The van der Waals surface area contributed by atoms with Gasteiger partial charge in [-0.05, 0) is 31.5 Å². The highest BCUT2D eigenvalue weighted by Crippen LogP contribution is 1.99. The second kappa shape index (κ2) is 5.95. The highest BCUT2D eigenvalue weighted by atomic mass is 16.1. The first-order chi connectivity index (χ1) is 8.75. The van der Waals surface area contributed by atoms with Crippen LogP contribution >= 0.6 is 0 Å². The molecule has 0 saturated heterocycles. The molecule has 2 aromatic rings. The third-order valence-electron chi connectivity index (χ3n) is 2.58. The molecule has 0 fully saturated rings. The fourth-order valence-corrected chi connectivity index (χ4v) is 1.58. The minimum Gasteiger partial charge on any atom is -0.352 e. The van der Waals surface area contributed by atoms with Gasteiger partial charge in [-0.25, -0.2) is 0 Å². The van der Waals surface area contributed by atoms with Crippen molar-refractivity contribution in [2.45, 2.75) is 19.9 Å². The van der Waals surface area contributed by atoms with Crippen LogP contribution in [0.25, 0.3) is 0 Å². The van der Waals surface area contributed by atoms with Crippen molar-refractivity contribution in [2.75, 3.05) is 6.54 Å². The van der Waals surface area contributed by atoms with Crippen LogP contribution in [0.15, 0.2) is 36.8 Å². The van der Waals surface area contributed by atoms with E-state index in [9.17, 15) is 4.79 Å². The molecule has 0 radical (unpaired) electrons. The minimum atomic E-state index is -0.0806. The number of hydrogen-bond acceptors (Lipinski definition) is 3. The average Bonchev–Trinajstić information content (AvgIpc) is 2.88. The smallest absolute Gasteiger partial charge is 0.252 e. The lowest BCUT2D eigenvalue weighted by molar-refractivity contribution is 0.0952. The summed E-state index contributed by atoms with van der Waals surface area (Å²) < 4.78 is 1.85. The summed E-state index contributed by atoms with van der Waals surface area (Å²) in [4.78, 5) is 15.8. The minimum absolute atomic E-state index is 0.0806.